The molecule has 1 fully saturated rings. The summed E-state index contributed by atoms with van der Waals surface area (Å²) in [6, 6.07) is 6.41. The van der Waals surface area contributed by atoms with Crippen LogP contribution in [0.1, 0.15) is 38.7 Å². The lowest BCUT2D eigenvalue weighted by molar-refractivity contribution is -0.116. The molecule has 1 saturated heterocycles. The molecule has 1 aliphatic heterocycles. The minimum Gasteiger partial charge on any atom is -0.357 e. The van der Waals surface area contributed by atoms with Gasteiger partial charge in [0.1, 0.15) is 0 Å². The van der Waals surface area contributed by atoms with Gasteiger partial charge in [0, 0.05) is 35.7 Å². The number of likely N-dealkylation sites (N-methyl/N-ethyl adjacent to an activating group) is 1. The molecule has 0 aromatic heterocycles. The molecule has 0 saturated carbocycles. The predicted molar refractivity (Wildman–Crippen MR) is 116 cm³/mol. The summed E-state index contributed by atoms with van der Waals surface area (Å²) in [6.45, 7) is 10.6. The average Bonchev–Trinajstić information content (AvgIpc) is 3.10. The minimum atomic E-state index is -0.00694. The van der Waals surface area contributed by atoms with Crippen molar-refractivity contribution in [1.29, 1.82) is 0 Å². The van der Waals surface area contributed by atoms with Gasteiger partial charge in [0.2, 0.25) is 5.91 Å². The molecule has 1 amide bonds. The van der Waals surface area contributed by atoms with Crippen molar-refractivity contribution >= 4 is 33.5 Å². The van der Waals surface area contributed by atoms with Gasteiger partial charge < -0.3 is 16.0 Å². The number of anilines is 1. The van der Waals surface area contributed by atoms with Gasteiger partial charge in [-0.25, -0.2) is 0 Å². The molecule has 1 aromatic carbocycles. The van der Waals surface area contributed by atoms with Crippen LogP contribution >= 0.6 is 15.9 Å². The number of nitrogens with one attached hydrogen (secondary N) is 3. The summed E-state index contributed by atoms with van der Waals surface area (Å²) in [4.78, 5) is 19.4. The molecule has 2 rings (SSSR count). The van der Waals surface area contributed by atoms with E-state index in [2.05, 4.69) is 43.7 Å². The zero-order valence-electron chi connectivity index (χ0n) is 16.6. The predicted octanol–water partition coefficient (Wildman–Crippen LogP) is 3.13. The Labute approximate surface area is 171 Å². The highest BCUT2D eigenvalue weighted by atomic mass is 79.9. The van der Waals surface area contributed by atoms with E-state index in [9.17, 15) is 4.79 Å². The number of nitrogens with zero attached hydrogens (tertiary/aromatic N) is 2. The summed E-state index contributed by atoms with van der Waals surface area (Å²) in [7, 11) is 0. The van der Waals surface area contributed by atoms with E-state index in [0.717, 1.165) is 41.3 Å². The zero-order chi connectivity index (χ0) is 19.6. The molecule has 150 valence electrons. The summed E-state index contributed by atoms with van der Waals surface area (Å²) in [5.74, 6) is 0.777. The van der Waals surface area contributed by atoms with Gasteiger partial charge in [0.25, 0.3) is 0 Å². The minimum absolute atomic E-state index is 0.00694. The Kier molecular flexibility index (Phi) is 9.07. The maximum Gasteiger partial charge on any atom is 0.226 e. The topological polar surface area (TPSA) is 68.8 Å². The maximum absolute atomic E-state index is 12.2. The first-order valence-corrected chi connectivity index (χ1v) is 10.6. The first kappa shape index (κ1) is 21.7. The van der Waals surface area contributed by atoms with Crippen molar-refractivity contribution in [2.75, 3.05) is 38.0 Å². The van der Waals surface area contributed by atoms with Crippen LogP contribution in [0, 0.1) is 6.92 Å². The number of halogens is 1. The molecule has 1 aromatic rings. The van der Waals surface area contributed by atoms with Crippen LogP contribution in [0.15, 0.2) is 27.7 Å². The van der Waals surface area contributed by atoms with E-state index in [-0.39, 0.29) is 5.91 Å². The zero-order valence-corrected chi connectivity index (χ0v) is 18.2. The average molecular weight is 438 g/mol. The molecule has 0 aliphatic carbocycles. The van der Waals surface area contributed by atoms with Gasteiger partial charge in [-0.05, 0) is 57.5 Å². The number of benzene rings is 1. The van der Waals surface area contributed by atoms with Crippen molar-refractivity contribution in [2.24, 2.45) is 4.99 Å². The lowest BCUT2D eigenvalue weighted by Crippen LogP contribution is -2.40. The summed E-state index contributed by atoms with van der Waals surface area (Å²) in [5, 5.41) is 9.50. The van der Waals surface area contributed by atoms with Gasteiger partial charge in [-0.3, -0.25) is 14.7 Å². The normalized spacial score (nSPS) is 17.8. The monoisotopic (exact) mass is 437 g/mol. The lowest BCUT2D eigenvalue weighted by Gasteiger charge is -2.21. The second kappa shape index (κ2) is 11.3. The van der Waals surface area contributed by atoms with E-state index < -0.39 is 0 Å². The Balaban J connectivity index is 1.80. The van der Waals surface area contributed by atoms with E-state index in [0.29, 0.717) is 19.0 Å². The molecule has 1 aliphatic rings. The van der Waals surface area contributed by atoms with Crippen LogP contribution in [0.2, 0.25) is 0 Å². The van der Waals surface area contributed by atoms with E-state index in [1.54, 1.807) is 0 Å². The Bertz CT molecular complexity index is 649. The van der Waals surface area contributed by atoms with Gasteiger partial charge in [-0.15, -0.1) is 0 Å². The SMILES string of the molecule is CCNC(=NCC1CCCN1CC)NCCC(=O)Nc1cc(Br)ccc1C. The van der Waals surface area contributed by atoms with E-state index in [4.69, 9.17) is 4.99 Å². The van der Waals surface area contributed by atoms with Crippen molar-refractivity contribution < 1.29 is 4.79 Å². The molecule has 1 unspecified atom stereocenters. The van der Waals surface area contributed by atoms with Crippen LogP contribution in [0.25, 0.3) is 0 Å². The fraction of sp³-hybridized carbons (Fsp3) is 0.600. The van der Waals surface area contributed by atoms with Crippen LogP contribution in [0.4, 0.5) is 5.69 Å². The van der Waals surface area contributed by atoms with Gasteiger partial charge in [-0.2, -0.15) is 0 Å². The number of hydrogen-bond acceptors (Lipinski definition) is 3. The highest BCUT2D eigenvalue weighted by molar-refractivity contribution is 9.10. The van der Waals surface area contributed by atoms with Crippen molar-refractivity contribution in [1.82, 2.24) is 15.5 Å². The summed E-state index contributed by atoms with van der Waals surface area (Å²) >= 11 is 3.44. The number of rotatable bonds is 8. The van der Waals surface area contributed by atoms with E-state index in [1.807, 2.05) is 32.0 Å². The van der Waals surface area contributed by atoms with Crippen molar-refractivity contribution in [3.63, 3.8) is 0 Å². The molecule has 3 N–H and O–H groups in total. The van der Waals surface area contributed by atoms with E-state index >= 15 is 0 Å². The lowest BCUT2D eigenvalue weighted by atomic mass is 10.2. The highest BCUT2D eigenvalue weighted by Gasteiger charge is 2.22. The number of amides is 1. The number of carbonyl (C=O) groups is 1. The van der Waals surface area contributed by atoms with Crippen molar-refractivity contribution in [3.8, 4) is 0 Å². The molecule has 0 radical (unpaired) electrons. The third-order valence-electron chi connectivity index (χ3n) is 4.83. The fourth-order valence-electron chi connectivity index (χ4n) is 3.29. The molecular formula is C20H32BrN5O. The van der Waals surface area contributed by atoms with Gasteiger partial charge in [0.15, 0.2) is 5.96 Å². The van der Waals surface area contributed by atoms with Crippen LogP contribution in [0.3, 0.4) is 0 Å². The fourth-order valence-corrected chi connectivity index (χ4v) is 3.65. The molecule has 0 spiro atoms. The Morgan fingerprint density at radius 3 is 2.89 bits per heavy atom. The van der Waals surface area contributed by atoms with Gasteiger partial charge >= 0.3 is 0 Å². The second-order valence-corrected chi connectivity index (χ2v) is 7.74. The molecular weight excluding hydrogens is 406 g/mol. The number of aryl methyl sites for hydroxylation is 1. The summed E-state index contributed by atoms with van der Waals surface area (Å²) in [6.07, 6.45) is 2.86. The Morgan fingerprint density at radius 1 is 1.33 bits per heavy atom. The standard InChI is InChI=1S/C20H32BrN5O/c1-4-22-20(24-14-17-7-6-12-26(17)5-2)23-11-10-19(27)25-18-13-16(21)9-8-15(18)3/h8-9,13,17H,4-7,10-12,14H2,1-3H3,(H,25,27)(H2,22,23,24). The first-order chi connectivity index (χ1) is 13.0. The van der Waals surface area contributed by atoms with Crippen molar-refractivity contribution in [3.05, 3.63) is 28.2 Å². The third kappa shape index (κ3) is 7.14. The maximum atomic E-state index is 12.2. The number of carbonyl (C=O) groups excluding carboxylic acids is 1. The van der Waals surface area contributed by atoms with Crippen molar-refractivity contribution in [2.45, 2.75) is 46.1 Å². The molecule has 1 atom stereocenters. The molecule has 27 heavy (non-hydrogen) atoms. The van der Waals surface area contributed by atoms with Crippen LogP contribution in [-0.4, -0.2) is 55.5 Å². The van der Waals surface area contributed by atoms with E-state index in [1.165, 1.54) is 19.4 Å². The van der Waals surface area contributed by atoms with Gasteiger partial charge in [-0.1, -0.05) is 28.9 Å². The first-order valence-electron chi connectivity index (χ1n) is 9.85. The van der Waals surface area contributed by atoms with Gasteiger partial charge in [0.05, 0.1) is 6.54 Å². The second-order valence-electron chi connectivity index (χ2n) is 6.83. The number of aliphatic imine (C=N–C) groups is 1. The highest BCUT2D eigenvalue weighted by Crippen LogP contribution is 2.20. The van der Waals surface area contributed by atoms with Crippen LogP contribution in [-0.2, 0) is 4.79 Å². The Hall–Kier alpha value is -1.60. The number of hydrogen-bond donors (Lipinski definition) is 3. The quantitative estimate of drug-likeness (QED) is 0.431. The molecule has 0 bridgehead atoms. The Morgan fingerprint density at radius 2 is 2.15 bits per heavy atom. The third-order valence-corrected chi connectivity index (χ3v) is 5.32. The summed E-state index contributed by atoms with van der Waals surface area (Å²) < 4.78 is 0.955. The molecule has 7 heteroatoms. The largest absolute Gasteiger partial charge is 0.357 e. The summed E-state index contributed by atoms with van der Waals surface area (Å²) in [5.41, 5.74) is 1.89. The van der Waals surface area contributed by atoms with Crippen LogP contribution < -0.4 is 16.0 Å². The molecule has 6 nitrogen and oxygen atoms in total. The number of guanidine groups is 1. The van der Waals surface area contributed by atoms with Crippen LogP contribution in [0.5, 0.6) is 0 Å². The smallest absolute Gasteiger partial charge is 0.226 e. The molecule has 1 heterocycles. The number of likely N-dealkylation sites (tertiary alicyclic amines) is 1.